The molecule has 234 valence electrons. The molecule has 3 atom stereocenters. The minimum Gasteiger partial charge on any atom is -0.379 e. The molecule has 0 bridgehead atoms. The Hall–Kier alpha value is -1.02. The Labute approximate surface area is 250 Å². The van der Waals surface area contributed by atoms with Gasteiger partial charge in [0, 0.05) is 19.8 Å². The lowest BCUT2D eigenvalue weighted by Gasteiger charge is -2.35. The quantitative estimate of drug-likeness (QED) is 0.0777. The third-order valence-corrected chi connectivity index (χ3v) is 8.90. The number of unbranched alkanes of at least 4 members (excludes halogenated alkanes) is 6. The predicted octanol–water partition coefficient (Wildman–Crippen LogP) is 7.23. The van der Waals surface area contributed by atoms with Gasteiger partial charge in [-0.1, -0.05) is 68.4 Å². The molecule has 3 fully saturated rings. The minimum absolute atomic E-state index is 0.350. The van der Waals surface area contributed by atoms with Crippen molar-refractivity contribution in [2.24, 2.45) is 5.41 Å². The lowest BCUT2D eigenvalue weighted by atomic mass is 9.71. The molecule has 3 heterocycles. The van der Waals surface area contributed by atoms with E-state index >= 15 is 0 Å². The fraction of sp³-hybridized carbons (Fsp3) is 0.829. The van der Waals surface area contributed by atoms with Gasteiger partial charge < -0.3 is 28.4 Å². The number of rotatable bonds is 28. The topological polar surface area (TPSA) is 65.3 Å². The van der Waals surface area contributed by atoms with Crippen LogP contribution in [0.5, 0.6) is 0 Å². The summed E-state index contributed by atoms with van der Waals surface area (Å²) in [4.78, 5) is 0. The molecule has 1 aromatic carbocycles. The summed E-state index contributed by atoms with van der Waals surface area (Å²) in [5.41, 5.74) is 3.19. The molecule has 3 aliphatic heterocycles. The first-order valence-electron chi connectivity index (χ1n) is 16.8. The Kier molecular flexibility index (Phi) is 15.5. The molecule has 1 aromatic rings. The number of hydrogen-bond acceptors (Lipinski definition) is 6. The normalized spacial score (nSPS) is 22.5. The fourth-order valence-electron chi connectivity index (χ4n) is 6.00. The molecule has 3 saturated heterocycles. The van der Waals surface area contributed by atoms with Crippen LogP contribution in [-0.2, 0) is 34.8 Å². The predicted molar refractivity (Wildman–Crippen MR) is 164 cm³/mol. The molecule has 6 heteroatoms. The van der Waals surface area contributed by atoms with Gasteiger partial charge in [-0.2, -0.15) is 0 Å². The minimum atomic E-state index is 0.350. The van der Waals surface area contributed by atoms with E-state index in [4.69, 9.17) is 28.4 Å². The van der Waals surface area contributed by atoms with Crippen molar-refractivity contribution >= 4 is 0 Å². The molecule has 6 nitrogen and oxygen atoms in total. The van der Waals surface area contributed by atoms with E-state index in [1.807, 2.05) is 0 Å². The van der Waals surface area contributed by atoms with Crippen LogP contribution in [0.3, 0.4) is 0 Å². The Morgan fingerprint density at radius 1 is 0.561 bits per heavy atom. The largest absolute Gasteiger partial charge is 0.379 e. The van der Waals surface area contributed by atoms with Gasteiger partial charge in [0.15, 0.2) is 0 Å². The van der Waals surface area contributed by atoms with Crippen molar-refractivity contribution in [3.63, 3.8) is 0 Å². The number of hydrogen-bond donors (Lipinski definition) is 0. The van der Waals surface area contributed by atoms with E-state index in [0.29, 0.717) is 23.7 Å². The second-order valence-corrected chi connectivity index (χ2v) is 12.9. The molecule has 0 N–H and O–H groups in total. The maximum absolute atomic E-state index is 5.93. The van der Waals surface area contributed by atoms with Crippen molar-refractivity contribution in [3.8, 4) is 0 Å². The molecule has 0 aliphatic carbocycles. The number of ether oxygens (including phenoxy) is 6. The lowest BCUT2D eigenvalue weighted by molar-refractivity contribution is 0.0679. The van der Waals surface area contributed by atoms with Crippen LogP contribution in [0.4, 0.5) is 0 Å². The highest BCUT2D eigenvalue weighted by Gasteiger charge is 2.30. The second kappa shape index (κ2) is 19.3. The average molecular weight is 575 g/mol. The summed E-state index contributed by atoms with van der Waals surface area (Å²) in [7, 11) is 0. The van der Waals surface area contributed by atoms with Gasteiger partial charge in [-0.25, -0.2) is 0 Å². The zero-order valence-electron chi connectivity index (χ0n) is 26.0. The number of aryl methyl sites for hydroxylation is 2. The molecular weight excluding hydrogens is 516 g/mol. The summed E-state index contributed by atoms with van der Waals surface area (Å²) >= 11 is 0. The number of benzene rings is 1. The van der Waals surface area contributed by atoms with E-state index in [1.165, 1.54) is 88.2 Å². The Bertz CT molecular complexity index is 731. The smallest absolute Gasteiger partial charge is 0.104 e. The summed E-state index contributed by atoms with van der Waals surface area (Å²) in [6.07, 6.45) is 20.1. The van der Waals surface area contributed by atoms with E-state index in [9.17, 15) is 0 Å². The third kappa shape index (κ3) is 15.9. The summed E-state index contributed by atoms with van der Waals surface area (Å²) in [6, 6.07) is 9.04. The first-order chi connectivity index (χ1) is 20.2. The van der Waals surface area contributed by atoms with Crippen LogP contribution >= 0.6 is 0 Å². The maximum Gasteiger partial charge on any atom is 0.104 e. The van der Waals surface area contributed by atoms with E-state index in [-0.39, 0.29) is 0 Å². The average Bonchev–Trinajstić information content (AvgIpc) is 3.81. The van der Waals surface area contributed by atoms with Crippen LogP contribution < -0.4 is 0 Å². The van der Waals surface area contributed by atoms with Crippen LogP contribution in [0.2, 0.25) is 0 Å². The Morgan fingerprint density at radius 3 is 1.39 bits per heavy atom. The van der Waals surface area contributed by atoms with Gasteiger partial charge in [0.25, 0.3) is 0 Å². The van der Waals surface area contributed by atoms with Gasteiger partial charge in [-0.3, -0.25) is 0 Å². The van der Waals surface area contributed by atoms with E-state index in [2.05, 4.69) is 31.2 Å². The zero-order chi connectivity index (χ0) is 28.4. The standard InChI is InChI=1S/C35H58O6/c1-30-13-15-31(16-14-30)12-7-5-3-2-4-6-8-17-35(18-9-21-36-24-32-27-39-32,19-10-22-37-25-33-28-40-33)20-11-23-38-26-34-29-41-34/h13-16,32-34H,2-12,17-29H2,1H3. The molecule has 4 rings (SSSR count). The molecule has 3 aliphatic rings. The van der Waals surface area contributed by atoms with Crippen LogP contribution in [0.1, 0.15) is 101 Å². The van der Waals surface area contributed by atoms with Crippen LogP contribution in [0, 0.1) is 12.3 Å². The van der Waals surface area contributed by atoms with Crippen molar-refractivity contribution < 1.29 is 28.4 Å². The van der Waals surface area contributed by atoms with Gasteiger partial charge in [0.05, 0.1) is 39.6 Å². The van der Waals surface area contributed by atoms with Gasteiger partial charge in [0.1, 0.15) is 18.3 Å². The highest BCUT2D eigenvalue weighted by Crippen LogP contribution is 2.40. The van der Waals surface area contributed by atoms with Crippen molar-refractivity contribution in [1.29, 1.82) is 0 Å². The van der Waals surface area contributed by atoms with Gasteiger partial charge >= 0.3 is 0 Å². The van der Waals surface area contributed by atoms with Crippen molar-refractivity contribution in [3.05, 3.63) is 35.4 Å². The van der Waals surface area contributed by atoms with Gasteiger partial charge in [-0.05, 0) is 75.7 Å². The van der Waals surface area contributed by atoms with Crippen LogP contribution in [-0.4, -0.2) is 77.8 Å². The molecule has 0 amide bonds. The highest BCUT2D eigenvalue weighted by atomic mass is 16.6. The molecule has 0 aromatic heterocycles. The third-order valence-electron chi connectivity index (χ3n) is 8.90. The second-order valence-electron chi connectivity index (χ2n) is 12.9. The summed E-state index contributed by atoms with van der Waals surface area (Å²) in [5, 5.41) is 0. The molecular formula is C35H58O6. The molecule has 41 heavy (non-hydrogen) atoms. The van der Waals surface area contributed by atoms with Crippen molar-refractivity contribution in [1.82, 2.24) is 0 Å². The van der Waals surface area contributed by atoms with Crippen LogP contribution in [0.25, 0.3) is 0 Å². The van der Waals surface area contributed by atoms with E-state index in [1.54, 1.807) is 0 Å². The lowest BCUT2D eigenvalue weighted by Crippen LogP contribution is -2.24. The maximum atomic E-state index is 5.93. The van der Waals surface area contributed by atoms with E-state index < -0.39 is 0 Å². The summed E-state index contributed by atoms with van der Waals surface area (Å²) in [6.45, 7) is 9.57. The Morgan fingerprint density at radius 2 is 0.951 bits per heavy atom. The van der Waals surface area contributed by atoms with Crippen LogP contribution in [0.15, 0.2) is 24.3 Å². The van der Waals surface area contributed by atoms with Gasteiger partial charge in [0.2, 0.25) is 0 Å². The molecule has 3 unspecified atom stereocenters. The summed E-state index contributed by atoms with van der Waals surface area (Å²) in [5.74, 6) is 0. The zero-order valence-corrected chi connectivity index (χ0v) is 26.0. The van der Waals surface area contributed by atoms with E-state index in [0.717, 1.165) is 78.7 Å². The molecule has 0 spiro atoms. The SMILES string of the molecule is Cc1ccc(CCCCCCCCCC(CCCOCC2CO2)(CCCOCC2CO2)CCCOCC2CO2)cc1. The number of epoxide rings is 3. The Balaban J connectivity index is 1.14. The van der Waals surface area contributed by atoms with Crippen molar-refractivity contribution in [2.75, 3.05) is 59.5 Å². The summed E-state index contributed by atoms with van der Waals surface area (Å²) < 4.78 is 33.7. The molecule has 0 saturated carbocycles. The highest BCUT2D eigenvalue weighted by molar-refractivity contribution is 5.21. The monoisotopic (exact) mass is 574 g/mol. The van der Waals surface area contributed by atoms with Gasteiger partial charge in [-0.15, -0.1) is 0 Å². The first kappa shape index (κ1) is 32.9. The first-order valence-corrected chi connectivity index (χ1v) is 16.8. The fourth-order valence-corrected chi connectivity index (χ4v) is 6.00. The van der Waals surface area contributed by atoms with Crippen molar-refractivity contribution in [2.45, 2.75) is 122 Å². The molecule has 0 radical (unpaired) electrons.